The Balaban J connectivity index is 2.27. The van der Waals surface area contributed by atoms with Gasteiger partial charge in [0, 0.05) is 29.1 Å². The molecule has 0 aliphatic rings. The number of rotatable bonds is 5. The lowest BCUT2D eigenvalue weighted by Gasteiger charge is -2.06. The number of thioether (sulfide) groups is 1. The maximum Gasteiger partial charge on any atom is 0.270 e. The zero-order valence-electron chi connectivity index (χ0n) is 12.7. The van der Waals surface area contributed by atoms with E-state index in [0.717, 1.165) is 17.3 Å². The van der Waals surface area contributed by atoms with Crippen molar-refractivity contribution < 1.29 is 9.72 Å². The number of benzene rings is 2. The number of carbonyl (C=O) groups is 1. The first-order valence-corrected chi connectivity index (χ1v) is 7.84. The van der Waals surface area contributed by atoms with Crippen LogP contribution in [0.5, 0.6) is 0 Å². The molecule has 0 aliphatic carbocycles. The summed E-state index contributed by atoms with van der Waals surface area (Å²) in [5.74, 6) is 2.57. The van der Waals surface area contributed by atoms with Gasteiger partial charge >= 0.3 is 0 Å². The Hall–Kier alpha value is -3.04. The highest BCUT2D eigenvalue weighted by molar-refractivity contribution is 8.04. The van der Waals surface area contributed by atoms with Crippen molar-refractivity contribution in [1.29, 1.82) is 0 Å². The Morgan fingerprint density at radius 3 is 2.71 bits per heavy atom. The van der Waals surface area contributed by atoms with Gasteiger partial charge in [0.05, 0.1) is 10.5 Å². The molecule has 0 radical (unpaired) electrons. The van der Waals surface area contributed by atoms with Crippen LogP contribution in [0.1, 0.15) is 15.9 Å². The van der Waals surface area contributed by atoms with Crippen molar-refractivity contribution in [2.75, 3.05) is 6.54 Å². The number of nitro benzene ring substituents is 1. The van der Waals surface area contributed by atoms with Gasteiger partial charge in [-0.15, -0.1) is 6.58 Å². The van der Waals surface area contributed by atoms with Crippen molar-refractivity contribution in [3.63, 3.8) is 0 Å². The molecule has 0 saturated heterocycles. The van der Waals surface area contributed by atoms with Crippen molar-refractivity contribution in [2.24, 2.45) is 0 Å². The zero-order valence-corrected chi connectivity index (χ0v) is 13.5. The fourth-order valence-corrected chi connectivity index (χ4v) is 2.50. The number of non-ortho nitro benzene ring substituents is 1. The second kappa shape index (κ2) is 8.56. The molecule has 0 bridgehead atoms. The van der Waals surface area contributed by atoms with E-state index in [-0.39, 0.29) is 17.8 Å². The molecule has 6 heteroatoms. The number of carbonyl (C=O) groups excluding carboxylic acids is 1. The number of amides is 1. The lowest BCUT2D eigenvalue weighted by molar-refractivity contribution is -0.384. The summed E-state index contributed by atoms with van der Waals surface area (Å²) in [5.41, 5.74) is 0.933. The molecule has 0 fully saturated rings. The first-order chi connectivity index (χ1) is 11.6. The Kier molecular flexibility index (Phi) is 6.17. The van der Waals surface area contributed by atoms with Crippen LogP contribution in [0.25, 0.3) is 0 Å². The summed E-state index contributed by atoms with van der Waals surface area (Å²) in [7, 11) is 0. The summed E-state index contributed by atoms with van der Waals surface area (Å²) in [6, 6.07) is 13.6. The molecule has 24 heavy (non-hydrogen) atoms. The van der Waals surface area contributed by atoms with Gasteiger partial charge in [-0.3, -0.25) is 14.9 Å². The van der Waals surface area contributed by atoms with Crippen LogP contribution in [0.4, 0.5) is 5.69 Å². The summed E-state index contributed by atoms with van der Waals surface area (Å²) in [6.07, 6.45) is 1.54. The van der Waals surface area contributed by atoms with Gasteiger partial charge in [-0.1, -0.05) is 30.2 Å². The molecule has 5 nitrogen and oxygen atoms in total. The molecule has 2 aromatic rings. The van der Waals surface area contributed by atoms with Gasteiger partial charge in [0.25, 0.3) is 11.6 Å². The van der Waals surface area contributed by atoms with E-state index < -0.39 is 10.8 Å². The highest BCUT2D eigenvalue weighted by atomic mass is 32.2. The molecule has 120 valence electrons. The van der Waals surface area contributed by atoms with Gasteiger partial charge in [0.1, 0.15) is 0 Å². The van der Waals surface area contributed by atoms with Gasteiger partial charge < -0.3 is 5.32 Å². The van der Waals surface area contributed by atoms with Crippen LogP contribution in [-0.2, 0) is 0 Å². The average molecular weight is 338 g/mol. The Bertz CT molecular complexity index is 823. The number of hydrogen-bond donors (Lipinski definition) is 1. The minimum Gasteiger partial charge on any atom is -0.349 e. The van der Waals surface area contributed by atoms with Crippen LogP contribution < -0.4 is 5.32 Å². The van der Waals surface area contributed by atoms with Crippen LogP contribution >= 0.6 is 11.8 Å². The summed E-state index contributed by atoms with van der Waals surface area (Å²) >= 11 is 1.15. The maximum absolute atomic E-state index is 12.2. The van der Waals surface area contributed by atoms with E-state index in [0.29, 0.717) is 4.90 Å². The predicted octanol–water partition coefficient (Wildman–Crippen LogP) is 3.61. The number of nitrogens with one attached hydrogen (secondary N) is 1. The van der Waals surface area contributed by atoms with Crippen molar-refractivity contribution in [2.45, 2.75) is 4.90 Å². The fraction of sp³-hybridized carbons (Fsp3) is 0.0556. The minimum atomic E-state index is -0.533. The zero-order chi connectivity index (χ0) is 17.4. The summed E-state index contributed by atoms with van der Waals surface area (Å²) in [6.45, 7) is 3.81. The van der Waals surface area contributed by atoms with Crippen LogP contribution in [0.2, 0.25) is 0 Å². The first kappa shape index (κ1) is 17.3. The third kappa shape index (κ3) is 4.73. The van der Waals surface area contributed by atoms with Crippen LogP contribution in [0, 0.1) is 21.3 Å². The monoisotopic (exact) mass is 338 g/mol. The molecule has 2 aromatic carbocycles. The molecular weight excluding hydrogens is 324 g/mol. The third-order valence-corrected chi connectivity index (χ3v) is 3.74. The highest BCUT2D eigenvalue weighted by Crippen LogP contribution is 2.26. The molecule has 0 spiro atoms. The van der Waals surface area contributed by atoms with Crippen molar-refractivity contribution in [1.82, 2.24) is 5.32 Å². The SMILES string of the molecule is C=CCNC(=O)c1cc([N+](=O)[O-])ccc1SC#Cc1ccccc1. The van der Waals surface area contributed by atoms with E-state index in [1.165, 1.54) is 24.3 Å². The molecular formula is C18H14N2O3S. The van der Waals surface area contributed by atoms with Gasteiger partial charge in [0.15, 0.2) is 0 Å². The Labute approximate surface area is 143 Å². The van der Waals surface area contributed by atoms with Crippen molar-refractivity contribution >= 4 is 23.4 Å². The maximum atomic E-state index is 12.2. The molecule has 0 saturated carbocycles. The van der Waals surface area contributed by atoms with Gasteiger partial charge in [-0.05, 0) is 35.2 Å². The largest absolute Gasteiger partial charge is 0.349 e. The van der Waals surface area contributed by atoms with E-state index in [1.807, 2.05) is 30.3 Å². The Morgan fingerprint density at radius 2 is 2.04 bits per heavy atom. The molecule has 0 unspecified atom stereocenters. The topological polar surface area (TPSA) is 72.2 Å². The summed E-state index contributed by atoms with van der Waals surface area (Å²) in [4.78, 5) is 23.1. The highest BCUT2D eigenvalue weighted by Gasteiger charge is 2.16. The summed E-state index contributed by atoms with van der Waals surface area (Å²) < 4.78 is 0. The third-order valence-electron chi connectivity index (χ3n) is 2.96. The van der Waals surface area contributed by atoms with E-state index in [1.54, 1.807) is 0 Å². The van der Waals surface area contributed by atoms with Gasteiger partial charge in [-0.2, -0.15) is 0 Å². The molecule has 1 N–H and O–H groups in total. The molecule has 0 heterocycles. The standard InChI is InChI=1S/C18H14N2O3S/c1-2-11-19-18(21)16-13-15(20(22)23)8-9-17(16)24-12-10-14-6-4-3-5-7-14/h2-9,13H,1,11H2,(H,19,21). The van der Waals surface area contributed by atoms with E-state index in [9.17, 15) is 14.9 Å². The second-order valence-corrected chi connectivity index (χ2v) is 5.48. The predicted molar refractivity (Wildman–Crippen MR) is 94.8 cm³/mol. The van der Waals surface area contributed by atoms with E-state index >= 15 is 0 Å². The van der Waals surface area contributed by atoms with Crippen LogP contribution in [0.3, 0.4) is 0 Å². The molecule has 1 amide bonds. The average Bonchev–Trinajstić information content (AvgIpc) is 2.60. The second-order valence-electron chi connectivity index (χ2n) is 4.63. The van der Waals surface area contributed by atoms with E-state index in [4.69, 9.17) is 0 Å². The minimum absolute atomic E-state index is 0.140. The Morgan fingerprint density at radius 1 is 1.29 bits per heavy atom. The normalized spacial score (nSPS) is 9.50. The number of nitro groups is 1. The quantitative estimate of drug-likeness (QED) is 0.297. The molecule has 0 atom stereocenters. The van der Waals surface area contributed by atoms with Gasteiger partial charge in [0.2, 0.25) is 0 Å². The fourth-order valence-electron chi connectivity index (χ4n) is 1.82. The molecule has 0 aliphatic heterocycles. The number of hydrogen-bond acceptors (Lipinski definition) is 4. The van der Waals surface area contributed by atoms with Gasteiger partial charge in [-0.25, -0.2) is 0 Å². The molecule has 2 rings (SSSR count). The lowest BCUT2D eigenvalue weighted by Crippen LogP contribution is -2.23. The number of nitrogens with zero attached hydrogens (tertiary/aromatic N) is 1. The first-order valence-electron chi connectivity index (χ1n) is 7.02. The smallest absolute Gasteiger partial charge is 0.270 e. The van der Waals surface area contributed by atoms with Crippen molar-refractivity contribution in [3.8, 4) is 11.2 Å². The summed E-state index contributed by atoms with van der Waals surface area (Å²) in [5, 5.41) is 16.5. The molecule has 0 aromatic heterocycles. The lowest BCUT2D eigenvalue weighted by atomic mass is 10.2. The van der Waals surface area contributed by atoms with Crippen LogP contribution in [0.15, 0.2) is 66.1 Å². The van der Waals surface area contributed by atoms with Crippen LogP contribution in [-0.4, -0.2) is 17.4 Å². The van der Waals surface area contributed by atoms with Crippen molar-refractivity contribution in [3.05, 3.63) is 82.4 Å². The van der Waals surface area contributed by atoms with E-state index in [2.05, 4.69) is 23.1 Å².